The molecule has 0 saturated carbocycles. The lowest BCUT2D eigenvalue weighted by Gasteiger charge is -2.21. The molecule has 1 amide bonds. The number of hydrogen-bond donors (Lipinski definition) is 1. The zero-order chi connectivity index (χ0) is 17.9. The third-order valence-electron chi connectivity index (χ3n) is 4.52. The van der Waals surface area contributed by atoms with E-state index in [2.05, 4.69) is 24.0 Å². The smallest absolute Gasteiger partial charge is 0.224 e. The molecule has 0 saturated heterocycles. The van der Waals surface area contributed by atoms with Gasteiger partial charge in [0.2, 0.25) is 5.91 Å². The fourth-order valence-electron chi connectivity index (χ4n) is 3.02. The zero-order valence-corrected chi connectivity index (χ0v) is 15.4. The minimum Gasteiger partial charge on any atom is -0.484 e. The van der Waals surface area contributed by atoms with Crippen molar-refractivity contribution in [3.05, 3.63) is 48.6 Å². The summed E-state index contributed by atoms with van der Waals surface area (Å²) in [6.07, 6.45) is 13.8. The van der Waals surface area contributed by atoms with Crippen LogP contribution in [0.3, 0.4) is 0 Å². The van der Waals surface area contributed by atoms with Crippen LogP contribution in [-0.4, -0.2) is 12.0 Å². The van der Waals surface area contributed by atoms with Crippen molar-refractivity contribution >= 4 is 11.6 Å². The second-order valence-corrected chi connectivity index (χ2v) is 6.85. The van der Waals surface area contributed by atoms with E-state index in [-0.39, 0.29) is 12.0 Å². The van der Waals surface area contributed by atoms with Gasteiger partial charge < -0.3 is 10.1 Å². The molecule has 0 aromatic heterocycles. The first kappa shape index (κ1) is 19.3. The van der Waals surface area contributed by atoms with Crippen molar-refractivity contribution < 1.29 is 9.53 Å². The minimum absolute atomic E-state index is 0.00426. The van der Waals surface area contributed by atoms with Gasteiger partial charge in [-0.3, -0.25) is 4.79 Å². The van der Waals surface area contributed by atoms with Gasteiger partial charge >= 0.3 is 0 Å². The van der Waals surface area contributed by atoms with Crippen LogP contribution in [0.5, 0.6) is 5.75 Å². The van der Waals surface area contributed by atoms with Gasteiger partial charge in [-0.2, -0.15) is 0 Å². The first-order valence-electron chi connectivity index (χ1n) is 9.53. The molecule has 2 rings (SSSR count). The van der Waals surface area contributed by atoms with Crippen LogP contribution >= 0.6 is 0 Å². The summed E-state index contributed by atoms with van der Waals surface area (Å²) in [6.45, 7) is 6.10. The first-order chi connectivity index (χ1) is 12.2. The Morgan fingerprint density at radius 1 is 1.08 bits per heavy atom. The molecule has 1 heterocycles. The lowest BCUT2D eigenvalue weighted by Crippen LogP contribution is -2.19. The number of carbonyl (C=O) groups is 1. The van der Waals surface area contributed by atoms with Gasteiger partial charge in [-0.05, 0) is 56.7 Å². The Labute approximate surface area is 152 Å². The molecule has 1 N–H and O–H groups in total. The average molecular weight is 341 g/mol. The highest BCUT2D eigenvalue weighted by atomic mass is 16.5. The summed E-state index contributed by atoms with van der Waals surface area (Å²) in [5.74, 6) is 0.751. The maximum Gasteiger partial charge on any atom is 0.224 e. The summed E-state index contributed by atoms with van der Waals surface area (Å²) >= 11 is 0. The van der Waals surface area contributed by atoms with Crippen LogP contribution in [0.1, 0.15) is 64.7 Å². The third-order valence-corrected chi connectivity index (χ3v) is 4.52. The predicted molar refractivity (Wildman–Crippen MR) is 105 cm³/mol. The van der Waals surface area contributed by atoms with Gasteiger partial charge in [0.25, 0.3) is 0 Å². The molecule has 1 aliphatic heterocycles. The number of carbonyl (C=O) groups excluding carboxylic acids is 1. The maximum absolute atomic E-state index is 12.2. The van der Waals surface area contributed by atoms with E-state index >= 15 is 0 Å². The van der Waals surface area contributed by atoms with Gasteiger partial charge in [0.05, 0.1) is 5.69 Å². The van der Waals surface area contributed by atoms with E-state index < -0.39 is 0 Å². The molecule has 0 aliphatic carbocycles. The third kappa shape index (κ3) is 7.16. The van der Waals surface area contributed by atoms with E-state index in [4.69, 9.17) is 4.74 Å². The highest BCUT2D eigenvalue weighted by Gasteiger charge is 2.14. The van der Waals surface area contributed by atoms with E-state index in [0.29, 0.717) is 6.42 Å². The van der Waals surface area contributed by atoms with E-state index in [1.54, 1.807) is 0 Å². The van der Waals surface area contributed by atoms with Crippen molar-refractivity contribution in [1.29, 1.82) is 0 Å². The number of fused-ring (bicyclic) bond motifs is 1. The molecule has 1 aromatic carbocycles. The normalized spacial score (nSPS) is 22.0. The Bertz CT molecular complexity index is 591. The van der Waals surface area contributed by atoms with Crippen LogP contribution < -0.4 is 10.1 Å². The summed E-state index contributed by atoms with van der Waals surface area (Å²) in [5.41, 5.74) is 1.77. The van der Waals surface area contributed by atoms with E-state index in [0.717, 1.165) is 42.7 Å². The Balaban J connectivity index is 2.10. The van der Waals surface area contributed by atoms with Crippen LogP contribution in [0.25, 0.3) is 0 Å². The number of ether oxygens (including phenoxy) is 1. The van der Waals surface area contributed by atoms with Gasteiger partial charge in [-0.1, -0.05) is 50.1 Å². The molecule has 1 aliphatic rings. The van der Waals surface area contributed by atoms with E-state index in [9.17, 15) is 4.79 Å². The standard InChI is InChI=1S/C22H31NO2/c1-18(2)20-15-10-8-6-4-3-5-7-9-11-17-22(24)23-19-14-12-13-16-21(19)25-20/h7,9,12-14,16,20H,1,3-6,8,10-11,15,17H2,2H3,(H,23,24)/b9-7+. The molecule has 1 aromatic rings. The average Bonchev–Trinajstić information content (AvgIpc) is 2.59. The Morgan fingerprint density at radius 2 is 1.80 bits per heavy atom. The zero-order valence-electron chi connectivity index (χ0n) is 15.4. The fourth-order valence-corrected chi connectivity index (χ4v) is 3.02. The van der Waals surface area contributed by atoms with Crippen molar-refractivity contribution in [3.63, 3.8) is 0 Å². The molecule has 0 bridgehead atoms. The summed E-state index contributed by atoms with van der Waals surface area (Å²) in [7, 11) is 0. The maximum atomic E-state index is 12.2. The monoisotopic (exact) mass is 341 g/mol. The number of nitrogens with one attached hydrogen (secondary N) is 1. The number of hydrogen-bond acceptors (Lipinski definition) is 2. The highest BCUT2D eigenvalue weighted by molar-refractivity contribution is 5.92. The van der Waals surface area contributed by atoms with Gasteiger partial charge in [0.1, 0.15) is 11.9 Å². The lowest BCUT2D eigenvalue weighted by atomic mass is 10.0. The van der Waals surface area contributed by atoms with Gasteiger partial charge in [-0.25, -0.2) is 0 Å². The topological polar surface area (TPSA) is 38.3 Å². The molecular formula is C22H31NO2. The van der Waals surface area contributed by atoms with Crippen LogP contribution in [0.2, 0.25) is 0 Å². The van der Waals surface area contributed by atoms with Gasteiger partial charge in [0, 0.05) is 6.42 Å². The SMILES string of the molecule is C=C(C)C1CCCCCCC/C=C/CCC(=O)Nc2ccccc2O1. The van der Waals surface area contributed by atoms with Crippen molar-refractivity contribution in [2.75, 3.05) is 5.32 Å². The largest absolute Gasteiger partial charge is 0.484 e. The van der Waals surface area contributed by atoms with E-state index in [1.807, 2.05) is 31.2 Å². The molecule has 25 heavy (non-hydrogen) atoms. The van der Waals surface area contributed by atoms with Crippen molar-refractivity contribution in [2.24, 2.45) is 0 Å². The molecule has 1 unspecified atom stereocenters. The Morgan fingerprint density at radius 3 is 2.64 bits per heavy atom. The number of allylic oxidation sites excluding steroid dienone is 2. The highest BCUT2D eigenvalue weighted by Crippen LogP contribution is 2.28. The van der Waals surface area contributed by atoms with Crippen LogP contribution in [0, 0.1) is 0 Å². The number of rotatable bonds is 1. The summed E-state index contributed by atoms with van der Waals surface area (Å²) in [4.78, 5) is 12.2. The fraction of sp³-hybridized carbons (Fsp3) is 0.500. The molecule has 0 radical (unpaired) electrons. The number of anilines is 1. The molecular weight excluding hydrogens is 310 g/mol. The first-order valence-corrected chi connectivity index (χ1v) is 9.53. The Kier molecular flexibility index (Phi) is 8.30. The van der Waals surface area contributed by atoms with Crippen molar-refractivity contribution in [2.45, 2.75) is 70.8 Å². The number of para-hydroxylation sites is 2. The molecule has 1 atom stereocenters. The summed E-state index contributed by atoms with van der Waals surface area (Å²) < 4.78 is 6.20. The molecule has 0 spiro atoms. The number of amides is 1. The van der Waals surface area contributed by atoms with E-state index in [1.165, 1.54) is 25.7 Å². The lowest BCUT2D eigenvalue weighted by molar-refractivity contribution is -0.116. The minimum atomic E-state index is -0.00426. The molecule has 0 fully saturated rings. The molecule has 3 heteroatoms. The van der Waals surface area contributed by atoms with Crippen LogP contribution in [-0.2, 0) is 4.79 Å². The summed E-state index contributed by atoms with van der Waals surface area (Å²) in [5, 5.41) is 2.99. The quantitative estimate of drug-likeness (QED) is 0.633. The van der Waals surface area contributed by atoms with Crippen LogP contribution in [0.4, 0.5) is 5.69 Å². The van der Waals surface area contributed by atoms with Crippen molar-refractivity contribution in [3.8, 4) is 5.75 Å². The molecule has 3 nitrogen and oxygen atoms in total. The van der Waals surface area contributed by atoms with Gasteiger partial charge in [0.15, 0.2) is 0 Å². The number of benzene rings is 1. The predicted octanol–water partition coefficient (Wildman–Crippen LogP) is 6.03. The molecule has 136 valence electrons. The van der Waals surface area contributed by atoms with Crippen molar-refractivity contribution in [1.82, 2.24) is 0 Å². The van der Waals surface area contributed by atoms with Gasteiger partial charge in [-0.15, -0.1) is 0 Å². The second kappa shape index (κ2) is 10.8. The van der Waals surface area contributed by atoms with Crippen LogP contribution in [0.15, 0.2) is 48.6 Å². The Hall–Kier alpha value is -2.03. The second-order valence-electron chi connectivity index (χ2n) is 6.85. The summed E-state index contributed by atoms with van der Waals surface area (Å²) in [6, 6.07) is 7.67.